The fourth-order valence-electron chi connectivity index (χ4n) is 16.3. The largest absolute Gasteiger partial charge is 0.481 e. The number of hydrogen-bond acceptors (Lipinski definition) is 22. The third-order valence-electron chi connectivity index (χ3n) is 22.7. The van der Waals surface area contributed by atoms with Crippen molar-refractivity contribution in [3.8, 4) is 90.1 Å². The van der Waals surface area contributed by atoms with Gasteiger partial charge in [0.15, 0.2) is 0 Å². The summed E-state index contributed by atoms with van der Waals surface area (Å²) in [5.74, 6) is -0.715. The molecule has 30 heteroatoms. The second-order valence-corrected chi connectivity index (χ2v) is 35.2. The van der Waals surface area contributed by atoms with Crippen LogP contribution in [0, 0.1) is 11.6 Å². The average molecular weight is 1750 g/mol. The lowest BCUT2D eigenvalue weighted by atomic mass is 9.95. The Morgan fingerprint density at radius 2 is 0.695 bits per heavy atom. The number of aliphatic hydroxyl groups excluding tert-OH is 6. The molecule has 4 fully saturated rings. The Morgan fingerprint density at radius 3 is 1.01 bits per heavy atom. The fourth-order valence-corrected chi connectivity index (χ4v) is 16.3. The number of esters is 2. The fraction of sp³-hybridized carbons (Fsp3) is 0.388. The number of benzene rings is 4. The number of aliphatic hydroxyl groups is 8. The van der Waals surface area contributed by atoms with Crippen molar-refractivity contribution < 1.29 is 88.5 Å². The highest BCUT2D eigenvalue weighted by molar-refractivity contribution is 5.83. The molecule has 2 saturated carbocycles. The second-order valence-electron chi connectivity index (χ2n) is 35.2. The van der Waals surface area contributed by atoms with E-state index < -0.39 is 72.6 Å². The molecule has 672 valence electrons. The number of carboxylic acid groups (broad SMARTS) is 2. The number of imidazole rings is 4. The van der Waals surface area contributed by atoms with Gasteiger partial charge in [-0.25, -0.2) is 28.7 Å². The highest BCUT2D eigenvalue weighted by Gasteiger charge is 2.49. The van der Waals surface area contributed by atoms with Crippen LogP contribution >= 0.6 is 0 Å². The van der Waals surface area contributed by atoms with Crippen molar-refractivity contribution in [2.75, 3.05) is 0 Å². The second kappa shape index (κ2) is 41.2. The van der Waals surface area contributed by atoms with Crippen molar-refractivity contribution >= 4 is 23.9 Å². The minimum Gasteiger partial charge on any atom is -0.481 e. The molecule has 0 spiro atoms. The van der Waals surface area contributed by atoms with Crippen LogP contribution in [0.5, 0.6) is 0 Å². The van der Waals surface area contributed by atoms with Gasteiger partial charge < -0.3 is 78.8 Å². The molecule has 28 nitrogen and oxygen atoms in total. The van der Waals surface area contributed by atoms with Crippen molar-refractivity contribution in [2.45, 2.75) is 241 Å². The topological polar surface area (TPSA) is 412 Å². The average Bonchev–Trinajstić information content (AvgIpc) is 1.59. The molecule has 8 atom stereocenters. The number of cyclic esters (lactones) is 2. The summed E-state index contributed by atoms with van der Waals surface area (Å²) in [6, 6.07) is 47.5. The number of aliphatic carboxylic acids is 2. The van der Waals surface area contributed by atoms with E-state index in [1.54, 1.807) is 73.8 Å². The van der Waals surface area contributed by atoms with Crippen molar-refractivity contribution in [3.05, 3.63) is 242 Å². The van der Waals surface area contributed by atoms with Crippen molar-refractivity contribution in [1.29, 1.82) is 0 Å². The van der Waals surface area contributed by atoms with Gasteiger partial charge in [0.2, 0.25) is 0 Å². The molecular weight excluding hydrogens is 1640 g/mol. The minimum absolute atomic E-state index is 0.0293. The lowest BCUT2D eigenvalue weighted by Crippen LogP contribution is -2.33. The maximum absolute atomic E-state index is 13.7. The Morgan fingerprint density at radius 1 is 0.406 bits per heavy atom. The molecule has 0 radical (unpaired) electrons. The van der Waals surface area contributed by atoms with Crippen LogP contribution in [-0.4, -0.2) is 182 Å². The van der Waals surface area contributed by atoms with Gasteiger partial charge in [-0.3, -0.25) is 39.1 Å². The Kier molecular flexibility index (Phi) is 30.1. The van der Waals surface area contributed by atoms with Crippen molar-refractivity contribution in [3.63, 3.8) is 0 Å². The van der Waals surface area contributed by atoms with Crippen LogP contribution in [0.1, 0.15) is 168 Å². The lowest BCUT2D eigenvalue weighted by Gasteiger charge is -2.27. The molecule has 2 aliphatic heterocycles. The Bertz CT molecular complexity index is 5710. The number of ether oxygens (including phenoxy) is 2. The van der Waals surface area contributed by atoms with Crippen LogP contribution in [-0.2, 0) is 76.9 Å². The van der Waals surface area contributed by atoms with Crippen LogP contribution in [0.25, 0.3) is 90.1 Å². The third-order valence-corrected chi connectivity index (χ3v) is 22.7. The van der Waals surface area contributed by atoms with Gasteiger partial charge in [0.1, 0.15) is 58.3 Å². The number of carbonyl (C=O) groups is 4. The molecule has 128 heavy (non-hydrogen) atoms. The zero-order valence-electron chi connectivity index (χ0n) is 72.4. The molecule has 16 rings (SSSR count). The van der Waals surface area contributed by atoms with Crippen molar-refractivity contribution in [1.82, 2.24) is 58.1 Å². The molecule has 10 N–H and O–H groups in total. The van der Waals surface area contributed by atoms with Gasteiger partial charge in [0, 0.05) is 157 Å². The Balaban J connectivity index is 0.000000146. The van der Waals surface area contributed by atoms with E-state index in [1.165, 1.54) is 24.3 Å². The van der Waals surface area contributed by atoms with E-state index >= 15 is 0 Å². The summed E-state index contributed by atoms with van der Waals surface area (Å²) >= 11 is 0. The molecule has 0 amide bonds. The molecule has 12 aromatic rings. The molecule has 10 heterocycles. The summed E-state index contributed by atoms with van der Waals surface area (Å²) in [6.07, 6.45) is 11.9. The van der Waals surface area contributed by atoms with Crippen LogP contribution in [0.15, 0.2) is 207 Å². The van der Waals surface area contributed by atoms with Crippen molar-refractivity contribution in [2.24, 2.45) is 0 Å². The van der Waals surface area contributed by atoms with Gasteiger partial charge in [-0.05, 0) is 148 Å². The van der Waals surface area contributed by atoms with Gasteiger partial charge in [0.25, 0.3) is 0 Å². The zero-order chi connectivity index (χ0) is 91.2. The number of carboxylic acids is 2. The third kappa shape index (κ3) is 23.9. The summed E-state index contributed by atoms with van der Waals surface area (Å²) in [5.41, 5.74) is 11.1. The Hall–Kier alpha value is -12.3. The molecule has 4 aliphatic rings. The summed E-state index contributed by atoms with van der Waals surface area (Å²) < 4.78 is 46.4. The van der Waals surface area contributed by atoms with E-state index in [-0.39, 0.29) is 78.7 Å². The maximum Gasteiger partial charge on any atom is 0.308 e. The Labute approximate surface area is 740 Å². The van der Waals surface area contributed by atoms with E-state index in [4.69, 9.17) is 39.6 Å². The number of pyridine rings is 4. The first kappa shape index (κ1) is 93.4. The van der Waals surface area contributed by atoms with E-state index in [2.05, 4.69) is 49.8 Å². The van der Waals surface area contributed by atoms with Gasteiger partial charge in [-0.1, -0.05) is 102 Å². The first-order valence-corrected chi connectivity index (χ1v) is 43.2. The standard InChI is InChI=1S/C25H30FN3O4.C25H28FN3O3.C24H27N3O5.C24H25N3O4/c1-25(2,3)24-28-22(16-8-11-27-12-9-16)23(17-4-6-18(26)7-5-17)29(24)13-10-19(30)14-20(31)15-21(32)33;1-25(2,3)24-28-22(16-8-11-27-12-9-16)23(17-4-6-18(26)7-5-17)29(24)13-10-20-14-19(30)15-21(31)32-20;28-18(14-19(29)15-20(30)31)8-13-27-22(17-4-2-1-3-5-17)21(16-6-11-25-12-7-16)26-23(27)24(32)9-10-24;28-18-14-19(31-20(29)15-18)8-13-27-22(17-4-2-1-3-5-17)21(16-6-11-25-12-7-16)26-23(27)24(30)9-10-24/h4-9,11-12,19-20,30-31H,10,13-15H2,1-3H3,(H,32,33);4-9,11-12,19-20,30H,10,13-15H2,1-3H3;1-7,11-12,18-19,28-29,32H,8-10,13-15H2,(H,30,31);1-7,11-12,18-19,28,30H,8-10,13-15H2. The van der Waals surface area contributed by atoms with Gasteiger partial charge >= 0.3 is 23.9 Å². The number of carbonyl (C=O) groups excluding carboxylic acids is 2. The highest BCUT2D eigenvalue weighted by atomic mass is 19.1. The normalized spacial score (nSPS) is 17.8. The summed E-state index contributed by atoms with van der Waals surface area (Å²) in [6.45, 7) is 14.2. The number of aromatic nitrogens is 12. The summed E-state index contributed by atoms with van der Waals surface area (Å²) in [4.78, 5) is 81.3. The van der Waals surface area contributed by atoms with Gasteiger partial charge in [0.05, 0.1) is 108 Å². The first-order chi connectivity index (χ1) is 61.2. The smallest absolute Gasteiger partial charge is 0.308 e. The zero-order valence-corrected chi connectivity index (χ0v) is 72.4. The SMILES string of the molecule is CC(C)(C)c1nc(-c2ccncc2)c(-c2ccc(F)cc2)n1CCC(O)CC(O)CC(=O)O.CC(C)(C)c1nc(-c2ccncc2)c(-c2ccc(F)cc2)n1CCC1CC(O)CC(=O)O1.O=C(O)CC(O)CC(O)CCn1c(C2(O)CC2)nc(-c2ccncc2)c1-c1ccccc1.O=C1CC(O)CC(CCn2c(C3(O)CC3)nc(-c3ccncc3)c2-c2ccccc2)O1. The van der Waals surface area contributed by atoms with Crippen LogP contribution < -0.4 is 0 Å². The monoisotopic (exact) mass is 1750 g/mol. The number of rotatable bonds is 30. The van der Waals surface area contributed by atoms with E-state index in [1.807, 2.05) is 139 Å². The van der Waals surface area contributed by atoms with E-state index in [0.717, 1.165) is 102 Å². The van der Waals surface area contributed by atoms with Gasteiger partial charge in [-0.15, -0.1) is 0 Å². The lowest BCUT2D eigenvalue weighted by molar-refractivity contribution is -0.161. The first-order valence-electron chi connectivity index (χ1n) is 43.2. The van der Waals surface area contributed by atoms with Crippen LogP contribution in [0.3, 0.4) is 0 Å². The predicted molar refractivity (Wildman–Crippen MR) is 474 cm³/mol. The highest BCUT2D eigenvalue weighted by Crippen LogP contribution is 2.50. The quantitative estimate of drug-likeness (QED) is 0.0187. The van der Waals surface area contributed by atoms with Crippen LogP contribution in [0.4, 0.5) is 8.78 Å². The minimum atomic E-state index is -1.12. The van der Waals surface area contributed by atoms with Crippen LogP contribution in [0.2, 0.25) is 0 Å². The number of halogens is 2. The van der Waals surface area contributed by atoms with E-state index in [0.29, 0.717) is 95.6 Å². The molecule has 0 bridgehead atoms. The molecule has 4 aromatic carbocycles. The molecule has 8 aromatic heterocycles. The van der Waals surface area contributed by atoms with Gasteiger partial charge in [-0.2, -0.15) is 0 Å². The molecule has 8 unspecified atom stereocenters. The molecule has 2 aliphatic carbocycles. The molecular formula is C98H110F2N12O16. The number of hydrogen-bond donors (Lipinski definition) is 10. The number of nitrogens with zero attached hydrogens (tertiary/aromatic N) is 12. The van der Waals surface area contributed by atoms with E-state index in [9.17, 15) is 68.8 Å². The maximum atomic E-state index is 13.7. The molecule has 2 saturated heterocycles. The summed E-state index contributed by atoms with van der Waals surface area (Å²) in [5, 5.41) is 100. The summed E-state index contributed by atoms with van der Waals surface area (Å²) in [7, 11) is 0. The predicted octanol–water partition coefficient (Wildman–Crippen LogP) is 14.2.